The van der Waals surface area contributed by atoms with Crippen LogP contribution in [0.1, 0.15) is 30.6 Å². The number of aromatic nitrogens is 1. The number of carbonyl (C=O) groups is 1. The molecule has 1 aromatic rings. The summed E-state index contributed by atoms with van der Waals surface area (Å²) in [6.07, 6.45) is 4.35. The largest absolute Gasteiger partial charge is 0.501 e. The van der Waals surface area contributed by atoms with Crippen molar-refractivity contribution in [3.05, 3.63) is 29.4 Å². The monoisotopic (exact) mass is 323 g/mol. The lowest BCUT2D eigenvalue weighted by Crippen LogP contribution is -2.40. The molecule has 6 nitrogen and oxygen atoms in total. The first-order valence-electron chi connectivity index (χ1n) is 8.00. The molecule has 0 bridgehead atoms. The minimum atomic E-state index is -0.866. The summed E-state index contributed by atoms with van der Waals surface area (Å²) < 4.78 is 24.0. The molecule has 1 aromatic heterocycles. The molecule has 23 heavy (non-hydrogen) atoms. The average Bonchev–Trinajstić information content (AvgIpc) is 3.12. The van der Waals surface area contributed by atoms with Gasteiger partial charge in [0.15, 0.2) is 0 Å². The Bertz CT molecular complexity index is 587. The van der Waals surface area contributed by atoms with Gasteiger partial charge in [-0.05, 0) is 26.2 Å². The molecule has 0 aromatic carbocycles. The van der Waals surface area contributed by atoms with Crippen LogP contribution in [0.2, 0.25) is 0 Å². The van der Waals surface area contributed by atoms with Gasteiger partial charge in [0.05, 0.1) is 24.6 Å². The maximum Gasteiger partial charge on any atom is 0.250 e. The Hall–Kier alpha value is -1.89. The van der Waals surface area contributed by atoms with Gasteiger partial charge in [0, 0.05) is 31.2 Å². The van der Waals surface area contributed by atoms with Crippen LogP contribution in [0.4, 0.5) is 4.39 Å². The maximum absolute atomic E-state index is 13.8. The van der Waals surface area contributed by atoms with E-state index in [9.17, 15) is 9.18 Å². The molecule has 1 saturated heterocycles. The van der Waals surface area contributed by atoms with Crippen molar-refractivity contribution >= 4 is 5.91 Å². The molecule has 1 amide bonds. The Balaban J connectivity index is 1.56. The fourth-order valence-electron chi connectivity index (χ4n) is 3.07. The van der Waals surface area contributed by atoms with Crippen molar-refractivity contribution in [1.29, 1.82) is 0 Å². The fourth-order valence-corrected chi connectivity index (χ4v) is 3.07. The molecule has 3 rings (SSSR count). The SMILES string of the molecule is Cc1oncc1CN1C[C@@H](F)C[C@H]1CNC(=O)C1=COCCC1. The molecule has 1 fully saturated rings. The molecule has 0 spiro atoms. The Kier molecular flexibility index (Phi) is 4.95. The zero-order valence-corrected chi connectivity index (χ0v) is 13.3. The third kappa shape index (κ3) is 3.90. The molecule has 7 heteroatoms. The zero-order valence-electron chi connectivity index (χ0n) is 13.3. The van der Waals surface area contributed by atoms with Gasteiger partial charge < -0.3 is 14.6 Å². The fraction of sp³-hybridized carbons (Fsp3) is 0.625. The molecule has 1 N–H and O–H groups in total. The number of amides is 1. The number of carbonyl (C=O) groups excluding carboxylic acids is 1. The van der Waals surface area contributed by atoms with Crippen molar-refractivity contribution < 1.29 is 18.4 Å². The van der Waals surface area contributed by atoms with Gasteiger partial charge in [0.2, 0.25) is 5.91 Å². The number of alkyl halides is 1. The molecule has 0 radical (unpaired) electrons. The highest BCUT2D eigenvalue weighted by molar-refractivity contribution is 5.93. The molecule has 126 valence electrons. The van der Waals surface area contributed by atoms with E-state index in [4.69, 9.17) is 9.26 Å². The van der Waals surface area contributed by atoms with Crippen LogP contribution >= 0.6 is 0 Å². The standard InChI is InChI=1S/C16H22FN3O3/c1-11-13(6-19-23-11)8-20-9-14(17)5-15(20)7-18-16(21)12-3-2-4-22-10-12/h6,10,14-15H,2-5,7-9H2,1H3,(H,18,21)/t14-,15-/m0/s1. The summed E-state index contributed by atoms with van der Waals surface area (Å²) in [6.45, 7) is 3.90. The lowest BCUT2D eigenvalue weighted by atomic mass is 10.1. The first kappa shape index (κ1) is 16.0. The molecular formula is C16H22FN3O3. The van der Waals surface area contributed by atoms with Crippen LogP contribution in [-0.4, -0.2) is 47.9 Å². The van der Waals surface area contributed by atoms with Gasteiger partial charge in [-0.1, -0.05) is 5.16 Å². The number of hydrogen-bond acceptors (Lipinski definition) is 5. The average molecular weight is 323 g/mol. The van der Waals surface area contributed by atoms with Crippen LogP contribution in [0.5, 0.6) is 0 Å². The van der Waals surface area contributed by atoms with Crippen molar-refractivity contribution in [3.63, 3.8) is 0 Å². The summed E-state index contributed by atoms with van der Waals surface area (Å²) in [5.74, 6) is 0.632. The van der Waals surface area contributed by atoms with E-state index in [0.717, 1.165) is 24.2 Å². The number of ether oxygens (including phenoxy) is 1. The second-order valence-corrected chi connectivity index (χ2v) is 6.15. The van der Waals surface area contributed by atoms with Crippen molar-refractivity contribution in [2.24, 2.45) is 0 Å². The molecule has 3 heterocycles. The number of nitrogens with zero attached hydrogens (tertiary/aromatic N) is 2. The van der Waals surface area contributed by atoms with Crippen LogP contribution in [0, 0.1) is 6.92 Å². The summed E-state index contributed by atoms with van der Waals surface area (Å²) in [7, 11) is 0. The van der Waals surface area contributed by atoms with Crippen LogP contribution in [0.15, 0.2) is 22.6 Å². The summed E-state index contributed by atoms with van der Waals surface area (Å²) in [5.41, 5.74) is 1.62. The van der Waals surface area contributed by atoms with Crippen molar-refractivity contribution in [2.75, 3.05) is 19.7 Å². The van der Waals surface area contributed by atoms with Crippen molar-refractivity contribution in [1.82, 2.24) is 15.4 Å². The number of nitrogens with one attached hydrogen (secondary N) is 1. The smallest absolute Gasteiger partial charge is 0.250 e. The summed E-state index contributed by atoms with van der Waals surface area (Å²) >= 11 is 0. The van der Waals surface area contributed by atoms with Gasteiger partial charge in [-0.15, -0.1) is 0 Å². The second kappa shape index (κ2) is 7.12. The van der Waals surface area contributed by atoms with Gasteiger partial charge in [-0.2, -0.15) is 0 Å². The quantitative estimate of drug-likeness (QED) is 0.893. The normalized spacial score (nSPS) is 25.0. The number of hydrogen-bond donors (Lipinski definition) is 1. The van der Waals surface area contributed by atoms with E-state index >= 15 is 0 Å². The van der Waals surface area contributed by atoms with E-state index in [2.05, 4.69) is 10.5 Å². The van der Waals surface area contributed by atoms with E-state index in [1.54, 1.807) is 6.20 Å². The van der Waals surface area contributed by atoms with Crippen LogP contribution < -0.4 is 5.32 Å². The molecule has 2 atom stereocenters. The molecule has 0 unspecified atom stereocenters. The van der Waals surface area contributed by atoms with Crippen molar-refractivity contribution in [2.45, 2.75) is 44.9 Å². The van der Waals surface area contributed by atoms with Crippen LogP contribution in [0.25, 0.3) is 0 Å². The maximum atomic E-state index is 13.8. The number of halogens is 1. The summed E-state index contributed by atoms with van der Waals surface area (Å²) in [5, 5.41) is 6.66. The molecule has 0 saturated carbocycles. The first-order valence-corrected chi connectivity index (χ1v) is 8.00. The third-order valence-corrected chi connectivity index (χ3v) is 4.42. The zero-order chi connectivity index (χ0) is 16.2. The van der Waals surface area contributed by atoms with E-state index in [1.165, 1.54) is 6.26 Å². The number of rotatable bonds is 5. The second-order valence-electron chi connectivity index (χ2n) is 6.15. The minimum absolute atomic E-state index is 0.0200. The number of aryl methyl sites for hydroxylation is 1. The Morgan fingerprint density at radius 3 is 3.13 bits per heavy atom. The first-order chi connectivity index (χ1) is 11.1. The molecule has 0 aliphatic carbocycles. The molecule has 2 aliphatic heterocycles. The van der Waals surface area contributed by atoms with Crippen LogP contribution in [0.3, 0.4) is 0 Å². The summed E-state index contributed by atoms with van der Waals surface area (Å²) in [4.78, 5) is 14.2. The predicted molar refractivity (Wildman–Crippen MR) is 81.2 cm³/mol. The van der Waals surface area contributed by atoms with Gasteiger partial charge in [-0.3, -0.25) is 9.69 Å². The Morgan fingerprint density at radius 1 is 1.57 bits per heavy atom. The summed E-state index contributed by atoms with van der Waals surface area (Å²) in [6, 6.07) is -0.0200. The highest BCUT2D eigenvalue weighted by Gasteiger charge is 2.33. The Morgan fingerprint density at radius 2 is 2.43 bits per heavy atom. The van der Waals surface area contributed by atoms with E-state index in [0.29, 0.717) is 38.2 Å². The highest BCUT2D eigenvalue weighted by atomic mass is 19.1. The van der Waals surface area contributed by atoms with Gasteiger partial charge in [-0.25, -0.2) is 4.39 Å². The molecule has 2 aliphatic rings. The predicted octanol–water partition coefficient (Wildman–Crippen LogP) is 1.71. The van der Waals surface area contributed by atoms with E-state index < -0.39 is 6.17 Å². The number of likely N-dealkylation sites (tertiary alicyclic amines) is 1. The van der Waals surface area contributed by atoms with Gasteiger partial charge in [0.25, 0.3) is 0 Å². The minimum Gasteiger partial charge on any atom is -0.501 e. The third-order valence-electron chi connectivity index (χ3n) is 4.42. The lowest BCUT2D eigenvalue weighted by Gasteiger charge is -2.24. The Labute approximate surface area is 134 Å². The van der Waals surface area contributed by atoms with E-state index in [1.807, 2.05) is 11.8 Å². The lowest BCUT2D eigenvalue weighted by molar-refractivity contribution is -0.118. The van der Waals surface area contributed by atoms with Gasteiger partial charge in [0.1, 0.15) is 11.9 Å². The van der Waals surface area contributed by atoms with Gasteiger partial charge >= 0.3 is 0 Å². The highest BCUT2D eigenvalue weighted by Crippen LogP contribution is 2.23. The topological polar surface area (TPSA) is 67.6 Å². The van der Waals surface area contributed by atoms with Crippen molar-refractivity contribution in [3.8, 4) is 0 Å². The molecular weight excluding hydrogens is 301 g/mol. The van der Waals surface area contributed by atoms with E-state index in [-0.39, 0.29) is 11.9 Å². The van der Waals surface area contributed by atoms with Crippen LogP contribution in [-0.2, 0) is 16.1 Å².